The fraction of sp³-hybridized carbons (Fsp3) is 0.706. The molecular formula is C17H27N5O4. The number of aliphatic carboxylic acids is 1. The molecule has 9 nitrogen and oxygen atoms in total. The lowest BCUT2D eigenvalue weighted by Gasteiger charge is -2.53. The molecule has 3 rings (SSSR count). The van der Waals surface area contributed by atoms with E-state index in [0.717, 1.165) is 25.9 Å². The average Bonchev–Trinajstić information content (AvgIpc) is 2.64. The van der Waals surface area contributed by atoms with Crippen LogP contribution in [0.25, 0.3) is 0 Å². The predicted molar refractivity (Wildman–Crippen MR) is 95.8 cm³/mol. The first-order chi connectivity index (χ1) is 12.6. The summed E-state index contributed by atoms with van der Waals surface area (Å²) < 4.78 is 5.38. The van der Waals surface area contributed by atoms with Gasteiger partial charge in [-0.1, -0.05) is 0 Å². The number of anilines is 2. The van der Waals surface area contributed by atoms with Crippen LogP contribution < -0.4 is 10.6 Å². The molecule has 1 aromatic rings. The summed E-state index contributed by atoms with van der Waals surface area (Å²) in [5, 5.41) is 18.9. The quantitative estimate of drug-likeness (QED) is 0.564. The molecule has 0 aromatic carbocycles. The maximum atomic E-state index is 12.3. The number of nitrogen functional groups attached to an aromatic ring is 1. The van der Waals surface area contributed by atoms with Crippen molar-refractivity contribution in [2.45, 2.75) is 25.3 Å². The van der Waals surface area contributed by atoms with Crippen molar-refractivity contribution >= 4 is 17.7 Å². The number of aromatic nitrogens is 2. The van der Waals surface area contributed by atoms with Crippen LogP contribution in [0.1, 0.15) is 19.3 Å². The first kappa shape index (κ1) is 18.8. The second kappa shape index (κ2) is 8.15. The van der Waals surface area contributed by atoms with Crippen molar-refractivity contribution in [1.29, 1.82) is 0 Å². The van der Waals surface area contributed by atoms with Gasteiger partial charge in [0.1, 0.15) is 11.2 Å². The van der Waals surface area contributed by atoms with E-state index in [1.54, 1.807) is 12.3 Å². The van der Waals surface area contributed by atoms with Crippen LogP contribution in [-0.4, -0.2) is 83.1 Å². The molecule has 0 amide bonds. The van der Waals surface area contributed by atoms with Crippen LogP contribution in [0.4, 0.5) is 11.8 Å². The molecule has 1 aromatic heterocycles. The highest BCUT2D eigenvalue weighted by molar-refractivity contribution is 5.77. The number of fused-ring (bicyclic) bond motifs is 1. The van der Waals surface area contributed by atoms with E-state index in [1.165, 1.54) is 0 Å². The molecule has 26 heavy (non-hydrogen) atoms. The Hall–Kier alpha value is -1.97. The molecule has 0 bridgehead atoms. The van der Waals surface area contributed by atoms with E-state index in [0.29, 0.717) is 38.5 Å². The summed E-state index contributed by atoms with van der Waals surface area (Å²) in [6, 6.07) is 1.75. The third kappa shape index (κ3) is 3.74. The zero-order valence-corrected chi connectivity index (χ0v) is 14.9. The molecule has 9 heteroatoms. The minimum Gasteiger partial charge on any atom is -0.481 e. The number of rotatable bonds is 7. The largest absolute Gasteiger partial charge is 0.481 e. The van der Waals surface area contributed by atoms with Crippen molar-refractivity contribution in [3.8, 4) is 0 Å². The Kier molecular flexibility index (Phi) is 5.90. The Balaban J connectivity index is 1.76. The molecule has 2 aliphatic rings. The molecule has 0 radical (unpaired) electrons. The predicted octanol–water partition coefficient (Wildman–Crippen LogP) is -0.187. The third-order valence-electron chi connectivity index (χ3n) is 5.46. The number of carboxylic acid groups (broad SMARTS) is 1. The van der Waals surface area contributed by atoms with Gasteiger partial charge in [0.2, 0.25) is 5.95 Å². The minimum atomic E-state index is -0.826. The van der Waals surface area contributed by atoms with Gasteiger partial charge in [-0.05, 0) is 31.9 Å². The number of likely N-dealkylation sites (tertiary alicyclic amines) is 1. The lowest BCUT2D eigenvalue weighted by molar-refractivity contribution is -0.158. The molecule has 0 spiro atoms. The number of aliphatic hydroxyl groups is 1. The fourth-order valence-corrected chi connectivity index (χ4v) is 4.28. The van der Waals surface area contributed by atoms with E-state index in [1.807, 2.05) is 4.90 Å². The van der Waals surface area contributed by atoms with Crippen molar-refractivity contribution in [1.82, 2.24) is 14.9 Å². The number of aliphatic hydroxyl groups excluding tert-OH is 1. The Morgan fingerprint density at radius 1 is 1.42 bits per heavy atom. The van der Waals surface area contributed by atoms with Gasteiger partial charge >= 0.3 is 5.97 Å². The number of nitrogens with zero attached hydrogens (tertiary/aromatic N) is 4. The SMILES string of the molecule is Nc1nccc(N2CC[C@@H]3N(CCOCCO)CCC[C@@]3(C(=O)O)C2)n1. The van der Waals surface area contributed by atoms with E-state index in [2.05, 4.69) is 14.9 Å². The van der Waals surface area contributed by atoms with Crippen molar-refractivity contribution in [2.75, 3.05) is 56.6 Å². The number of hydrogen-bond donors (Lipinski definition) is 3. The summed E-state index contributed by atoms with van der Waals surface area (Å²) in [5.41, 5.74) is 4.86. The monoisotopic (exact) mass is 365 g/mol. The van der Waals surface area contributed by atoms with Crippen LogP contribution in [0, 0.1) is 5.41 Å². The van der Waals surface area contributed by atoms with Crippen LogP contribution in [0.2, 0.25) is 0 Å². The molecule has 0 saturated carbocycles. The summed E-state index contributed by atoms with van der Waals surface area (Å²) in [7, 11) is 0. The highest BCUT2D eigenvalue weighted by atomic mass is 16.5. The van der Waals surface area contributed by atoms with E-state index in [-0.39, 0.29) is 18.6 Å². The van der Waals surface area contributed by atoms with E-state index in [9.17, 15) is 9.90 Å². The second-order valence-corrected chi connectivity index (χ2v) is 6.94. The van der Waals surface area contributed by atoms with E-state index in [4.69, 9.17) is 15.6 Å². The zero-order valence-electron chi connectivity index (χ0n) is 14.9. The van der Waals surface area contributed by atoms with Gasteiger partial charge in [0.15, 0.2) is 0 Å². The molecule has 4 N–H and O–H groups in total. The number of nitrogens with two attached hydrogens (primary N) is 1. The molecule has 0 aliphatic carbocycles. The van der Waals surface area contributed by atoms with Crippen LogP contribution in [0.3, 0.4) is 0 Å². The third-order valence-corrected chi connectivity index (χ3v) is 5.46. The molecule has 144 valence electrons. The Labute approximate surface area is 152 Å². The van der Waals surface area contributed by atoms with E-state index >= 15 is 0 Å². The van der Waals surface area contributed by atoms with Gasteiger partial charge in [-0.3, -0.25) is 9.69 Å². The molecule has 0 unspecified atom stereocenters. The summed E-state index contributed by atoms with van der Waals surface area (Å²) >= 11 is 0. The van der Waals surface area contributed by atoms with Gasteiger partial charge in [0, 0.05) is 31.9 Å². The fourth-order valence-electron chi connectivity index (χ4n) is 4.28. The molecule has 2 atom stereocenters. The number of carboxylic acids is 1. The zero-order chi connectivity index (χ0) is 18.6. The standard InChI is InChI=1S/C17H27N5O4/c18-16-19-5-2-14(20-16)22-7-3-13-17(12-22,15(24)25)4-1-6-21(13)8-10-26-11-9-23/h2,5,13,23H,1,3-4,6-12H2,(H,24,25)(H2,18,19,20)/t13-,17+/m0/s1. The summed E-state index contributed by atoms with van der Waals surface area (Å²) in [6.45, 7) is 3.51. The van der Waals surface area contributed by atoms with Gasteiger partial charge in [-0.2, -0.15) is 4.98 Å². The number of ether oxygens (including phenoxy) is 1. The number of piperidine rings is 2. The highest BCUT2D eigenvalue weighted by Gasteiger charge is 2.53. The first-order valence-corrected chi connectivity index (χ1v) is 9.06. The van der Waals surface area contributed by atoms with E-state index < -0.39 is 11.4 Å². The summed E-state index contributed by atoms with van der Waals surface area (Å²) in [4.78, 5) is 24.7. The Bertz CT molecular complexity index is 631. The summed E-state index contributed by atoms with van der Waals surface area (Å²) in [6.07, 6.45) is 3.83. The van der Waals surface area contributed by atoms with Crippen molar-refractivity contribution in [2.24, 2.45) is 5.41 Å². The highest BCUT2D eigenvalue weighted by Crippen LogP contribution is 2.42. The van der Waals surface area contributed by atoms with Crippen LogP contribution in [0.15, 0.2) is 12.3 Å². The first-order valence-electron chi connectivity index (χ1n) is 9.06. The Morgan fingerprint density at radius 2 is 2.27 bits per heavy atom. The van der Waals surface area contributed by atoms with Crippen molar-refractivity contribution in [3.63, 3.8) is 0 Å². The molecule has 3 heterocycles. The average molecular weight is 365 g/mol. The van der Waals surface area contributed by atoms with Gasteiger partial charge < -0.3 is 25.6 Å². The lowest BCUT2D eigenvalue weighted by Crippen LogP contribution is -2.64. The second-order valence-electron chi connectivity index (χ2n) is 6.94. The van der Waals surface area contributed by atoms with Crippen molar-refractivity contribution in [3.05, 3.63) is 12.3 Å². The lowest BCUT2D eigenvalue weighted by atomic mass is 9.69. The maximum Gasteiger partial charge on any atom is 0.313 e. The van der Waals surface area contributed by atoms with Gasteiger partial charge in [0.05, 0.1) is 19.8 Å². The van der Waals surface area contributed by atoms with Crippen LogP contribution >= 0.6 is 0 Å². The smallest absolute Gasteiger partial charge is 0.313 e. The molecule has 2 fully saturated rings. The van der Waals surface area contributed by atoms with Gasteiger partial charge in [-0.25, -0.2) is 4.98 Å². The topological polar surface area (TPSA) is 125 Å². The summed E-state index contributed by atoms with van der Waals surface area (Å²) in [5.74, 6) is 0.121. The van der Waals surface area contributed by atoms with Crippen LogP contribution in [-0.2, 0) is 9.53 Å². The molecule has 2 saturated heterocycles. The molecular weight excluding hydrogens is 338 g/mol. The number of hydrogen-bond acceptors (Lipinski definition) is 8. The molecule has 2 aliphatic heterocycles. The van der Waals surface area contributed by atoms with Gasteiger partial charge in [0.25, 0.3) is 0 Å². The minimum absolute atomic E-state index is 0.000480. The van der Waals surface area contributed by atoms with Crippen LogP contribution in [0.5, 0.6) is 0 Å². The normalized spacial score (nSPS) is 26.5. The van der Waals surface area contributed by atoms with Crippen molar-refractivity contribution < 1.29 is 19.7 Å². The number of carbonyl (C=O) groups is 1. The maximum absolute atomic E-state index is 12.3. The Morgan fingerprint density at radius 3 is 3.00 bits per heavy atom. The van der Waals surface area contributed by atoms with Gasteiger partial charge in [-0.15, -0.1) is 0 Å².